The molecule has 4 aromatic carbocycles. The molecule has 18 heteroatoms. The second kappa shape index (κ2) is 15.9. The van der Waals surface area contributed by atoms with E-state index >= 15 is 0 Å². The monoisotopic (exact) mass is 850 g/mol. The van der Waals surface area contributed by atoms with E-state index in [9.17, 15) is 58.8 Å². The van der Waals surface area contributed by atoms with Gasteiger partial charge >= 0.3 is 23.9 Å². The molecule has 4 fully saturated rings. The minimum atomic E-state index is -1.93. The van der Waals surface area contributed by atoms with E-state index in [0.717, 1.165) is 0 Å². The van der Waals surface area contributed by atoms with Crippen LogP contribution in [-0.4, -0.2) is 100 Å². The average Bonchev–Trinajstić information content (AvgIpc) is 3.77. The number of carboxylic acids is 4. The van der Waals surface area contributed by atoms with E-state index in [-0.39, 0.29) is 82.5 Å². The molecular weight excluding hydrogens is 814 g/mol. The maximum Gasteiger partial charge on any atom is 0.336 e. The first-order chi connectivity index (χ1) is 28.8. The Morgan fingerprint density at radius 3 is 0.800 bits per heavy atom. The smallest absolute Gasteiger partial charge is 0.336 e. The zero-order valence-electron chi connectivity index (χ0n) is 31.5. The molecule has 4 N–H and O–H groups in total. The lowest BCUT2D eigenvalue weighted by atomic mass is 10.1. The van der Waals surface area contributed by atoms with Crippen LogP contribution in [0.2, 0.25) is 0 Å². The number of carbonyl (C=O) groups excluding carboxylic acids is 4. The van der Waals surface area contributed by atoms with Crippen LogP contribution in [0.25, 0.3) is 0 Å². The van der Waals surface area contributed by atoms with Crippen LogP contribution in [0.3, 0.4) is 0 Å². The Kier molecular flexibility index (Phi) is 10.7. The van der Waals surface area contributed by atoms with Crippen LogP contribution in [0.4, 0.5) is 0 Å². The van der Waals surface area contributed by atoms with Gasteiger partial charge in [-0.2, -0.15) is 0 Å². The van der Waals surface area contributed by atoms with Crippen LogP contribution in [0.15, 0.2) is 97.1 Å². The van der Waals surface area contributed by atoms with Crippen molar-refractivity contribution in [1.82, 2.24) is 20.0 Å². The van der Waals surface area contributed by atoms with Gasteiger partial charge in [0.1, 0.15) is 23.1 Å². The van der Waals surface area contributed by atoms with Gasteiger partial charge in [-0.1, -0.05) is 72.8 Å². The normalized spacial score (nSPS) is 23.7. The van der Waals surface area contributed by atoms with Gasteiger partial charge in [0.2, 0.25) is 23.6 Å². The molecule has 0 saturated carbocycles. The summed E-state index contributed by atoms with van der Waals surface area (Å²) in [6, 6.07) is 24.3. The highest BCUT2D eigenvalue weighted by Gasteiger charge is 2.59. The average molecular weight is 851 g/mol. The molecule has 0 aromatic heterocycles. The van der Waals surface area contributed by atoms with Crippen molar-refractivity contribution < 1.29 is 58.8 Å². The topological polar surface area (TPSA) is 230 Å². The lowest BCUT2D eigenvalue weighted by molar-refractivity contribution is -0.171. The minimum absolute atomic E-state index is 0.0629. The molecule has 4 saturated heterocycles. The predicted molar refractivity (Wildman–Crippen MR) is 214 cm³/mol. The summed E-state index contributed by atoms with van der Waals surface area (Å²) in [5, 5.41) is 46.8. The molecule has 8 rings (SSSR count). The van der Waals surface area contributed by atoms with Crippen LogP contribution in [-0.2, 0) is 19.2 Å². The van der Waals surface area contributed by atoms with Gasteiger partial charge in [0.05, 0.1) is 22.3 Å². The molecule has 0 aliphatic carbocycles. The van der Waals surface area contributed by atoms with Crippen molar-refractivity contribution in [3.8, 4) is 0 Å². The molecule has 4 heterocycles. The fraction of sp³-hybridized carbons (Fsp3) is 0.238. The number of fused-ring (bicyclic) bond motifs is 2. The van der Waals surface area contributed by atoms with Crippen molar-refractivity contribution >= 4 is 63.3 Å². The Bertz CT molecular complexity index is 2180. The van der Waals surface area contributed by atoms with Crippen molar-refractivity contribution in [2.75, 3.05) is 12.3 Å². The van der Waals surface area contributed by atoms with Crippen molar-refractivity contribution in [3.63, 3.8) is 0 Å². The Balaban J connectivity index is 1.37. The van der Waals surface area contributed by atoms with Gasteiger partial charge in [0.15, 0.2) is 0 Å². The van der Waals surface area contributed by atoms with Gasteiger partial charge < -0.3 is 20.4 Å². The number of carboxylic acid groups (broad SMARTS) is 4. The van der Waals surface area contributed by atoms with E-state index in [0.29, 0.717) is 0 Å². The molecule has 4 unspecified atom stereocenters. The highest BCUT2D eigenvalue weighted by molar-refractivity contribution is 7.62. The molecule has 4 aliphatic rings. The van der Waals surface area contributed by atoms with E-state index in [1.807, 2.05) is 0 Å². The van der Waals surface area contributed by atoms with Crippen LogP contribution < -0.4 is 0 Å². The quantitative estimate of drug-likeness (QED) is 0.122. The number of hydrogen-bond donors (Lipinski definition) is 4. The Morgan fingerprint density at radius 2 is 0.600 bits per heavy atom. The fourth-order valence-electron chi connectivity index (χ4n) is 8.84. The number of hydrazine groups is 2. The Morgan fingerprint density at radius 1 is 0.400 bits per heavy atom. The summed E-state index contributed by atoms with van der Waals surface area (Å²) < 4.78 is 0. The van der Waals surface area contributed by atoms with Crippen LogP contribution in [0, 0.1) is 0 Å². The number of benzene rings is 4. The molecule has 0 radical (unpaired) electrons. The van der Waals surface area contributed by atoms with Gasteiger partial charge in [0, 0.05) is 25.7 Å². The molecule has 0 spiro atoms. The summed E-state index contributed by atoms with van der Waals surface area (Å²) in [6.07, 6.45) is -0.595. The summed E-state index contributed by atoms with van der Waals surface area (Å²) in [6.45, 7) is 0. The zero-order chi connectivity index (χ0) is 42.6. The van der Waals surface area contributed by atoms with E-state index in [1.165, 1.54) is 68.6 Å². The van der Waals surface area contributed by atoms with Crippen molar-refractivity contribution in [2.24, 2.45) is 0 Å². The lowest BCUT2D eigenvalue weighted by Gasteiger charge is -2.37. The van der Waals surface area contributed by atoms with E-state index in [4.69, 9.17) is 0 Å². The summed E-state index contributed by atoms with van der Waals surface area (Å²) in [5.41, 5.74) is 0.301. The van der Waals surface area contributed by atoms with E-state index < -0.39 is 86.5 Å². The number of nitrogens with zero attached hydrogens (tertiary/aromatic N) is 4. The Labute approximate surface area is 344 Å². The number of carbonyl (C=O) groups is 8. The molecule has 4 atom stereocenters. The molecule has 4 aromatic rings. The second-order valence-electron chi connectivity index (χ2n) is 14.5. The molecule has 60 heavy (non-hydrogen) atoms. The van der Waals surface area contributed by atoms with E-state index in [2.05, 4.69) is 0 Å². The summed E-state index contributed by atoms with van der Waals surface area (Å²) in [7, 11) is -3.85. The standard InChI is InChI=1S/C42H36N4O12P2/c47-31-17-18-32(48)44-36(24-10-2-6-14-28(24)40(53)54)59(35(43(31)44)23-9-1-5-13-27(23)39(51)52)21-22-60-37(25-11-3-7-15-29(25)41(55)56)45-33(49)19-20-34(50)46(45)38(60)26-12-4-8-16-30(26)42(57)58/h1-16,35-38H,17-22H2,(H,51,52)(H,53,54)(H,55,56)(H,57,58). The molecule has 4 amide bonds. The van der Waals surface area contributed by atoms with Crippen molar-refractivity contribution in [2.45, 2.75) is 48.8 Å². The Hall–Kier alpha value is -6.50. The van der Waals surface area contributed by atoms with Gasteiger partial charge in [0.25, 0.3) is 0 Å². The van der Waals surface area contributed by atoms with E-state index in [1.54, 1.807) is 48.5 Å². The largest absolute Gasteiger partial charge is 0.478 e. The van der Waals surface area contributed by atoms with Crippen molar-refractivity contribution in [1.29, 1.82) is 0 Å². The number of aromatic carboxylic acids is 4. The molecular formula is C42H36N4O12P2. The first-order valence-electron chi connectivity index (χ1n) is 18.9. The van der Waals surface area contributed by atoms with Gasteiger partial charge in [-0.25, -0.2) is 39.2 Å². The molecule has 0 bridgehead atoms. The minimum Gasteiger partial charge on any atom is -0.478 e. The maximum atomic E-state index is 14.1. The lowest BCUT2D eigenvalue weighted by Crippen LogP contribution is -2.50. The number of amides is 4. The predicted octanol–water partition coefficient (Wildman–Crippen LogP) is 6.30. The van der Waals surface area contributed by atoms with Gasteiger partial charge in [-0.3, -0.25) is 19.2 Å². The van der Waals surface area contributed by atoms with Crippen molar-refractivity contribution in [3.05, 3.63) is 142 Å². The number of rotatable bonds is 11. The summed E-state index contributed by atoms with van der Waals surface area (Å²) in [5.74, 6) is -11.4. The molecule has 16 nitrogen and oxygen atoms in total. The first-order valence-corrected chi connectivity index (χ1v) is 22.2. The third kappa shape index (κ3) is 6.65. The summed E-state index contributed by atoms with van der Waals surface area (Å²) in [4.78, 5) is 108. The third-order valence-corrected chi connectivity index (χ3v) is 17.6. The highest BCUT2D eigenvalue weighted by atomic mass is 31.1. The fourth-order valence-corrected chi connectivity index (χ4v) is 16.6. The van der Waals surface area contributed by atoms with Gasteiger partial charge in [-0.15, -0.1) is 0 Å². The molecule has 4 aliphatic heterocycles. The molecule has 306 valence electrons. The maximum absolute atomic E-state index is 14.1. The number of hydrogen-bond acceptors (Lipinski definition) is 8. The third-order valence-electron chi connectivity index (χ3n) is 11.3. The highest BCUT2D eigenvalue weighted by Crippen LogP contribution is 2.76. The zero-order valence-corrected chi connectivity index (χ0v) is 33.3. The summed E-state index contributed by atoms with van der Waals surface area (Å²) >= 11 is 0. The van der Waals surface area contributed by atoms with Crippen LogP contribution >= 0.6 is 15.8 Å². The second-order valence-corrected chi connectivity index (χ2v) is 19.4. The van der Waals surface area contributed by atoms with Crippen LogP contribution in [0.5, 0.6) is 0 Å². The SMILES string of the molecule is O=C(O)c1ccccc1C1N2C(=O)CCC(=O)N2C(c2ccccc2C(=O)O)P1CCP1C(c2ccccc2C(=O)O)N2C(=O)CCC(=O)N2C1c1ccccc1C(=O)O. The van der Waals surface area contributed by atoms with Gasteiger partial charge in [-0.05, 0) is 74.7 Å². The first kappa shape index (κ1) is 40.3. The van der Waals surface area contributed by atoms with Crippen LogP contribution in [0.1, 0.15) is 113 Å².